The summed E-state index contributed by atoms with van der Waals surface area (Å²) in [5.74, 6) is -0.378. The number of aliphatic hydroxyl groups excluding tert-OH is 1. The van der Waals surface area contributed by atoms with E-state index < -0.39 is 21.9 Å². The lowest BCUT2D eigenvalue weighted by molar-refractivity contribution is 0.0606. The Morgan fingerprint density at radius 1 is 1.64 bits per heavy atom. The third kappa shape index (κ3) is 2.44. The molecule has 1 rings (SSSR count). The maximum Gasteiger partial charge on any atom is 0.227 e. The van der Waals surface area contributed by atoms with Crippen LogP contribution in [0.15, 0.2) is 0 Å². The number of piperidine rings is 1. The van der Waals surface area contributed by atoms with Crippen molar-refractivity contribution in [1.82, 2.24) is 4.31 Å². The van der Waals surface area contributed by atoms with E-state index >= 15 is 0 Å². The molecule has 1 fully saturated rings. The molecular formula is C8H14N2O3S. The zero-order valence-corrected chi connectivity index (χ0v) is 8.87. The lowest BCUT2D eigenvalue weighted by Gasteiger charge is -2.32. The first-order valence-corrected chi connectivity index (χ1v) is 6.11. The number of β-amino-alcohol motifs (C(OH)–C–C–N with tert-alkyl or cyclic N) is 1. The van der Waals surface area contributed by atoms with E-state index in [-0.39, 0.29) is 12.5 Å². The summed E-state index contributed by atoms with van der Waals surface area (Å²) in [6.45, 7) is 2.41. The van der Waals surface area contributed by atoms with E-state index in [4.69, 9.17) is 5.26 Å². The van der Waals surface area contributed by atoms with Crippen molar-refractivity contribution in [3.63, 3.8) is 0 Å². The van der Waals surface area contributed by atoms with E-state index in [1.807, 2.05) is 6.92 Å². The van der Waals surface area contributed by atoms with E-state index in [9.17, 15) is 13.5 Å². The summed E-state index contributed by atoms with van der Waals surface area (Å²) in [5.41, 5.74) is 0. The van der Waals surface area contributed by atoms with Crippen LogP contribution in [0.2, 0.25) is 0 Å². The zero-order chi connectivity index (χ0) is 10.8. The van der Waals surface area contributed by atoms with Gasteiger partial charge in [-0.15, -0.1) is 0 Å². The Hall–Kier alpha value is -0.640. The Bertz CT molecular complexity index is 333. The van der Waals surface area contributed by atoms with Gasteiger partial charge in [0.1, 0.15) is 0 Å². The van der Waals surface area contributed by atoms with Crippen LogP contribution >= 0.6 is 0 Å². The summed E-state index contributed by atoms with van der Waals surface area (Å²) >= 11 is 0. The second-order valence-corrected chi connectivity index (χ2v) is 5.57. The lowest BCUT2D eigenvalue weighted by atomic mass is 9.98. The predicted octanol–water partition coefficient (Wildman–Crippen LogP) is -0.458. The highest BCUT2D eigenvalue weighted by Gasteiger charge is 2.31. The van der Waals surface area contributed by atoms with Gasteiger partial charge in [-0.2, -0.15) is 9.57 Å². The molecule has 0 spiro atoms. The van der Waals surface area contributed by atoms with Crippen molar-refractivity contribution in [2.45, 2.75) is 19.4 Å². The van der Waals surface area contributed by atoms with E-state index in [0.717, 1.165) is 0 Å². The number of hydrogen-bond acceptors (Lipinski definition) is 4. The number of aliphatic hydroxyl groups is 1. The molecule has 14 heavy (non-hydrogen) atoms. The van der Waals surface area contributed by atoms with Crippen LogP contribution < -0.4 is 0 Å². The number of rotatable bonds is 2. The molecule has 0 saturated carbocycles. The predicted molar refractivity (Wildman–Crippen MR) is 50.8 cm³/mol. The SMILES string of the molecule is CC1CCN(S(=O)(=O)CC#N)CC1O. The Labute approximate surface area is 84.0 Å². The number of nitrogens with zero attached hydrogens (tertiary/aromatic N) is 2. The van der Waals surface area contributed by atoms with Gasteiger partial charge < -0.3 is 5.11 Å². The molecule has 0 aromatic carbocycles. The van der Waals surface area contributed by atoms with Gasteiger partial charge in [-0.05, 0) is 12.3 Å². The number of nitriles is 1. The molecule has 0 aromatic heterocycles. The Morgan fingerprint density at radius 3 is 2.79 bits per heavy atom. The molecule has 0 bridgehead atoms. The van der Waals surface area contributed by atoms with E-state index in [2.05, 4.69) is 0 Å². The Balaban J connectivity index is 2.69. The van der Waals surface area contributed by atoms with Gasteiger partial charge >= 0.3 is 0 Å². The quantitative estimate of drug-likeness (QED) is 0.680. The van der Waals surface area contributed by atoms with Gasteiger partial charge in [0.15, 0.2) is 5.75 Å². The summed E-state index contributed by atoms with van der Waals surface area (Å²) < 4.78 is 24.1. The van der Waals surface area contributed by atoms with Crippen molar-refractivity contribution >= 4 is 10.0 Å². The molecule has 0 aliphatic carbocycles. The Morgan fingerprint density at radius 2 is 2.29 bits per heavy atom. The minimum atomic E-state index is -3.48. The van der Waals surface area contributed by atoms with Gasteiger partial charge in [0.2, 0.25) is 10.0 Å². The molecule has 0 radical (unpaired) electrons. The smallest absolute Gasteiger partial charge is 0.227 e. The monoisotopic (exact) mass is 218 g/mol. The molecular weight excluding hydrogens is 204 g/mol. The topological polar surface area (TPSA) is 81.4 Å². The van der Waals surface area contributed by atoms with Crippen LogP contribution in [0.1, 0.15) is 13.3 Å². The van der Waals surface area contributed by atoms with Crippen LogP contribution in [-0.4, -0.2) is 42.8 Å². The van der Waals surface area contributed by atoms with Crippen LogP contribution in [0.4, 0.5) is 0 Å². The average Bonchev–Trinajstić information content (AvgIpc) is 2.09. The summed E-state index contributed by atoms with van der Waals surface area (Å²) in [6.07, 6.45) is 0.0310. The third-order valence-electron chi connectivity index (χ3n) is 2.52. The van der Waals surface area contributed by atoms with Gasteiger partial charge in [0, 0.05) is 13.1 Å². The van der Waals surface area contributed by atoms with E-state index in [1.165, 1.54) is 4.31 Å². The fourth-order valence-electron chi connectivity index (χ4n) is 1.45. The fraction of sp³-hybridized carbons (Fsp3) is 0.875. The van der Waals surface area contributed by atoms with Crippen molar-refractivity contribution in [1.29, 1.82) is 5.26 Å². The highest BCUT2D eigenvalue weighted by Crippen LogP contribution is 2.19. The summed E-state index contributed by atoms with van der Waals surface area (Å²) in [7, 11) is -3.48. The van der Waals surface area contributed by atoms with Crippen LogP contribution in [0, 0.1) is 17.2 Å². The van der Waals surface area contributed by atoms with Crippen LogP contribution in [0.3, 0.4) is 0 Å². The molecule has 1 heterocycles. The molecule has 1 N–H and O–H groups in total. The molecule has 1 saturated heterocycles. The Kier molecular flexibility index (Phi) is 3.48. The molecule has 2 unspecified atom stereocenters. The lowest BCUT2D eigenvalue weighted by Crippen LogP contribution is -2.46. The van der Waals surface area contributed by atoms with Gasteiger partial charge in [0.25, 0.3) is 0 Å². The summed E-state index contributed by atoms with van der Waals surface area (Å²) in [6, 6.07) is 1.62. The fourth-order valence-corrected chi connectivity index (χ4v) is 2.55. The zero-order valence-electron chi connectivity index (χ0n) is 8.05. The van der Waals surface area contributed by atoms with Crippen molar-refractivity contribution in [2.75, 3.05) is 18.8 Å². The minimum Gasteiger partial charge on any atom is -0.391 e. The first-order valence-electron chi connectivity index (χ1n) is 4.50. The van der Waals surface area contributed by atoms with Crippen molar-refractivity contribution in [3.05, 3.63) is 0 Å². The van der Waals surface area contributed by atoms with Crippen LogP contribution in [-0.2, 0) is 10.0 Å². The normalized spacial score (nSPS) is 29.8. The molecule has 6 heteroatoms. The van der Waals surface area contributed by atoms with Crippen molar-refractivity contribution in [3.8, 4) is 6.07 Å². The minimum absolute atomic E-state index is 0.116. The average molecular weight is 218 g/mol. The van der Waals surface area contributed by atoms with Gasteiger partial charge in [-0.3, -0.25) is 0 Å². The van der Waals surface area contributed by atoms with Crippen LogP contribution in [0.25, 0.3) is 0 Å². The highest BCUT2D eigenvalue weighted by atomic mass is 32.2. The van der Waals surface area contributed by atoms with Crippen molar-refractivity contribution in [2.24, 2.45) is 5.92 Å². The maximum absolute atomic E-state index is 11.4. The second-order valence-electron chi connectivity index (χ2n) is 3.61. The first kappa shape index (κ1) is 11.4. The second kappa shape index (κ2) is 4.26. The molecule has 80 valence electrons. The molecule has 1 aliphatic rings. The molecule has 2 atom stereocenters. The third-order valence-corrected chi connectivity index (χ3v) is 4.13. The number of hydrogen-bond donors (Lipinski definition) is 1. The number of sulfonamides is 1. The first-order chi connectivity index (χ1) is 6.47. The van der Waals surface area contributed by atoms with Gasteiger partial charge in [-0.1, -0.05) is 6.92 Å². The van der Waals surface area contributed by atoms with E-state index in [1.54, 1.807) is 6.07 Å². The standard InChI is InChI=1S/C8H14N2O3S/c1-7-2-4-10(6-8(7)11)14(12,13)5-3-9/h7-8,11H,2,4-6H2,1H3. The molecule has 0 aromatic rings. The molecule has 0 amide bonds. The highest BCUT2D eigenvalue weighted by molar-refractivity contribution is 7.89. The van der Waals surface area contributed by atoms with Gasteiger partial charge in [-0.25, -0.2) is 8.42 Å². The van der Waals surface area contributed by atoms with Crippen LogP contribution in [0.5, 0.6) is 0 Å². The van der Waals surface area contributed by atoms with E-state index in [0.29, 0.717) is 13.0 Å². The molecule has 5 nitrogen and oxygen atoms in total. The summed E-state index contributed by atoms with van der Waals surface area (Å²) in [4.78, 5) is 0. The van der Waals surface area contributed by atoms with Gasteiger partial charge in [0.05, 0.1) is 12.2 Å². The largest absolute Gasteiger partial charge is 0.391 e. The molecule has 1 aliphatic heterocycles. The summed E-state index contributed by atoms with van der Waals surface area (Å²) in [5, 5.41) is 17.8. The maximum atomic E-state index is 11.4. The van der Waals surface area contributed by atoms with Crippen molar-refractivity contribution < 1.29 is 13.5 Å².